The number of rotatable bonds is 8. The fourth-order valence-corrected chi connectivity index (χ4v) is 3.12. The highest BCUT2D eigenvalue weighted by Gasteiger charge is 2.19. The molecule has 30 heavy (non-hydrogen) atoms. The van der Waals surface area contributed by atoms with Gasteiger partial charge in [0, 0.05) is 29.1 Å². The van der Waals surface area contributed by atoms with Crippen molar-refractivity contribution in [1.82, 2.24) is 9.72 Å². The quantitative estimate of drug-likeness (QED) is 0.315. The molecule has 0 aliphatic rings. The van der Waals surface area contributed by atoms with Crippen LogP contribution in [0, 0.1) is 20.8 Å². The van der Waals surface area contributed by atoms with Crippen LogP contribution < -0.4 is 4.74 Å². The first-order valence-corrected chi connectivity index (χ1v) is 9.62. The van der Waals surface area contributed by atoms with Crippen molar-refractivity contribution in [1.29, 1.82) is 0 Å². The topological polar surface area (TPSA) is 83.6 Å². The van der Waals surface area contributed by atoms with Crippen LogP contribution in [0.2, 0.25) is 0 Å². The monoisotopic (exact) mass is 408 g/mol. The van der Waals surface area contributed by atoms with Gasteiger partial charge >= 0.3 is 5.97 Å². The second kappa shape index (κ2) is 9.26. The van der Waals surface area contributed by atoms with Gasteiger partial charge in [0.25, 0.3) is 0 Å². The number of esters is 1. The summed E-state index contributed by atoms with van der Waals surface area (Å²) >= 11 is 0. The van der Waals surface area contributed by atoms with E-state index >= 15 is 0 Å². The van der Waals surface area contributed by atoms with Gasteiger partial charge in [0.2, 0.25) is 5.78 Å². The minimum atomic E-state index is -0.585. The summed E-state index contributed by atoms with van der Waals surface area (Å²) in [6.45, 7) is 7.66. The molecule has 1 aromatic carbocycles. The lowest BCUT2D eigenvalue weighted by atomic mass is 10.1. The maximum Gasteiger partial charge on any atom is 0.331 e. The first-order valence-electron chi connectivity index (χ1n) is 9.62. The van der Waals surface area contributed by atoms with E-state index in [1.165, 1.54) is 6.08 Å². The lowest BCUT2D eigenvalue weighted by Crippen LogP contribution is -2.13. The highest BCUT2D eigenvalue weighted by molar-refractivity contribution is 6.00. The van der Waals surface area contributed by atoms with Crippen molar-refractivity contribution in [3.05, 3.63) is 70.7 Å². The molecule has 0 fully saturated rings. The van der Waals surface area contributed by atoms with Crippen LogP contribution in [-0.4, -0.2) is 34.7 Å². The number of nitrogens with zero attached hydrogens (tertiary/aromatic N) is 2. The number of carbonyl (C=O) groups is 2. The number of aromatic nitrogens is 2. The van der Waals surface area contributed by atoms with Crippen LogP contribution in [0.4, 0.5) is 0 Å². The van der Waals surface area contributed by atoms with Crippen LogP contribution >= 0.6 is 0 Å². The van der Waals surface area contributed by atoms with Crippen molar-refractivity contribution in [3.8, 4) is 11.6 Å². The molecular formula is C23H24N2O5. The summed E-state index contributed by atoms with van der Waals surface area (Å²) in [5.41, 5.74) is 2.86. The molecule has 0 atom stereocenters. The van der Waals surface area contributed by atoms with Crippen LogP contribution in [0.3, 0.4) is 0 Å². The number of aryl methyl sites for hydroxylation is 2. The van der Waals surface area contributed by atoms with Crippen molar-refractivity contribution in [2.45, 2.75) is 27.7 Å². The third-order valence-corrected chi connectivity index (χ3v) is 4.52. The van der Waals surface area contributed by atoms with Crippen LogP contribution in [0.1, 0.15) is 40.0 Å². The van der Waals surface area contributed by atoms with Gasteiger partial charge in [0.05, 0.1) is 6.61 Å². The Morgan fingerprint density at radius 1 is 1.13 bits per heavy atom. The van der Waals surface area contributed by atoms with Crippen molar-refractivity contribution in [2.75, 3.05) is 13.2 Å². The van der Waals surface area contributed by atoms with Crippen LogP contribution in [-0.2, 0) is 9.53 Å². The number of hydrogen-bond acceptors (Lipinski definition) is 6. The summed E-state index contributed by atoms with van der Waals surface area (Å²) in [5, 5.41) is 4.00. The molecule has 0 spiro atoms. The molecule has 0 saturated heterocycles. The summed E-state index contributed by atoms with van der Waals surface area (Å²) in [6.07, 6.45) is 2.92. The fraction of sp³-hybridized carbons (Fsp3) is 0.261. The second-order valence-electron chi connectivity index (χ2n) is 6.78. The summed E-state index contributed by atoms with van der Waals surface area (Å²) in [4.78, 5) is 24.6. The molecule has 0 N–H and O–H groups in total. The average molecular weight is 408 g/mol. The Labute approximate surface area is 174 Å². The predicted molar refractivity (Wildman–Crippen MR) is 112 cm³/mol. The molecular weight excluding hydrogens is 384 g/mol. The maximum absolute atomic E-state index is 12.6. The highest BCUT2D eigenvalue weighted by Crippen LogP contribution is 2.21. The molecule has 0 bridgehead atoms. The third kappa shape index (κ3) is 4.86. The van der Waals surface area contributed by atoms with Crippen LogP contribution in [0.15, 0.2) is 47.0 Å². The Balaban J connectivity index is 1.61. The predicted octanol–water partition coefficient (Wildman–Crippen LogP) is 4.23. The molecule has 0 unspecified atom stereocenters. The lowest BCUT2D eigenvalue weighted by molar-refractivity contribution is -0.136. The minimum Gasteiger partial charge on any atom is -0.494 e. The number of hydrogen-bond donors (Lipinski definition) is 0. The van der Waals surface area contributed by atoms with Gasteiger partial charge in [-0.15, -0.1) is 0 Å². The molecule has 2 heterocycles. The number of benzene rings is 1. The normalized spacial score (nSPS) is 11.1. The van der Waals surface area contributed by atoms with Gasteiger partial charge in [-0.2, -0.15) is 0 Å². The average Bonchev–Trinajstić information content (AvgIpc) is 3.27. The maximum atomic E-state index is 12.6. The van der Waals surface area contributed by atoms with Crippen molar-refractivity contribution in [3.63, 3.8) is 0 Å². The van der Waals surface area contributed by atoms with Gasteiger partial charge in [0.15, 0.2) is 12.4 Å². The number of Topliss-reactive ketones (excluding diaryl/α,β-unsaturated/α-hetero) is 1. The molecule has 3 rings (SSSR count). The van der Waals surface area contributed by atoms with E-state index in [-0.39, 0.29) is 12.4 Å². The van der Waals surface area contributed by atoms with Gasteiger partial charge in [-0.1, -0.05) is 17.3 Å². The molecule has 2 aromatic heterocycles. The van der Waals surface area contributed by atoms with Crippen molar-refractivity contribution >= 4 is 17.8 Å². The fourth-order valence-electron chi connectivity index (χ4n) is 3.12. The molecule has 0 radical (unpaired) electrons. The standard InChI is InChI=1S/C23H24N2O5/c1-5-28-19-9-6-18(7-10-19)8-11-23(27)29-14-21(26)20-12-15(2)25(17(20)4)22-13-16(3)30-24-22/h6-13H,5,14H2,1-4H3/b11-8+. The Hall–Kier alpha value is -3.61. The summed E-state index contributed by atoms with van der Waals surface area (Å²) < 4.78 is 17.4. The highest BCUT2D eigenvalue weighted by atomic mass is 16.5. The Kier molecular flexibility index (Phi) is 6.51. The Bertz CT molecular complexity index is 1070. The zero-order valence-electron chi connectivity index (χ0n) is 17.5. The Morgan fingerprint density at radius 2 is 1.87 bits per heavy atom. The summed E-state index contributed by atoms with van der Waals surface area (Å²) in [5.74, 6) is 1.19. The largest absolute Gasteiger partial charge is 0.494 e. The second-order valence-corrected chi connectivity index (χ2v) is 6.78. The molecule has 156 valence electrons. The van der Waals surface area contributed by atoms with E-state index in [1.807, 2.05) is 49.6 Å². The van der Waals surface area contributed by atoms with Gasteiger partial charge < -0.3 is 14.0 Å². The van der Waals surface area contributed by atoms with E-state index in [0.29, 0.717) is 29.4 Å². The Morgan fingerprint density at radius 3 is 2.50 bits per heavy atom. The molecule has 0 amide bonds. The van der Waals surface area contributed by atoms with Gasteiger partial charge in [-0.25, -0.2) is 4.79 Å². The SMILES string of the molecule is CCOc1ccc(/C=C/C(=O)OCC(=O)c2cc(C)n(-c3cc(C)on3)c2C)cc1. The smallest absolute Gasteiger partial charge is 0.331 e. The van der Waals surface area contributed by atoms with Gasteiger partial charge in [-0.05, 0) is 57.5 Å². The van der Waals surface area contributed by atoms with Crippen LogP contribution in [0.25, 0.3) is 11.9 Å². The summed E-state index contributed by atoms with van der Waals surface area (Å²) in [6, 6.07) is 10.9. The van der Waals surface area contributed by atoms with E-state index in [1.54, 1.807) is 25.1 Å². The van der Waals surface area contributed by atoms with E-state index in [2.05, 4.69) is 5.16 Å². The zero-order chi connectivity index (χ0) is 21.7. The minimum absolute atomic E-state index is 0.280. The van der Waals surface area contributed by atoms with Crippen molar-refractivity contribution in [2.24, 2.45) is 0 Å². The zero-order valence-corrected chi connectivity index (χ0v) is 17.5. The lowest BCUT2D eigenvalue weighted by Gasteiger charge is -2.05. The first-order chi connectivity index (χ1) is 14.4. The molecule has 0 saturated carbocycles. The van der Waals surface area contributed by atoms with E-state index < -0.39 is 5.97 Å². The number of ketones is 1. The third-order valence-electron chi connectivity index (χ3n) is 4.52. The van der Waals surface area contributed by atoms with E-state index in [0.717, 1.165) is 17.0 Å². The summed E-state index contributed by atoms with van der Waals surface area (Å²) in [7, 11) is 0. The molecule has 3 aromatic rings. The number of ether oxygens (including phenoxy) is 2. The van der Waals surface area contributed by atoms with Gasteiger partial charge in [-0.3, -0.25) is 9.36 Å². The van der Waals surface area contributed by atoms with Crippen LogP contribution in [0.5, 0.6) is 5.75 Å². The molecule has 0 aliphatic carbocycles. The van der Waals surface area contributed by atoms with Crippen molar-refractivity contribution < 1.29 is 23.6 Å². The van der Waals surface area contributed by atoms with E-state index in [9.17, 15) is 9.59 Å². The molecule has 7 heteroatoms. The molecule has 0 aliphatic heterocycles. The van der Waals surface area contributed by atoms with Gasteiger partial charge in [0.1, 0.15) is 11.5 Å². The van der Waals surface area contributed by atoms with E-state index in [4.69, 9.17) is 14.0 Å². The number of carbonyl (C=O) groups excluding carboxylic acids is 2. The first kappa shape index (κ1) is 21.1. The molecule has 7 nitrogen and oxygen atoms in total.